The van der Waals surface area contributed by atoms with Crippen LogP contribution in [0.3, 0.4) is 0 Å². The highest BCUT2D eigenvalue weighted by Crippen LogP contribution is 2.27. The first kappa shape index (κ1) is 15.4. The minimum Gasteiger partial charge on any atom is -0.308 e. The zero-order valence-corrected chi connectivity index (χ0v) is 14.5. The predicted molar refractivity (Wildman–Crippen MR) is 86.7 cm³/mol. The van der Waals surface area contributed by atoms with Gasteiger partial charge in [0.05, 0.1) is 15.9 Å². The van der Waals surface area contributed by atoms with Crippen molar-refractivity contribution >= 4 is 27.7 Å². The standard InChI is InChI=1S/C14H24BrN3S/c1-4-12-14(15)13(18(2)17-12)9-16-10-6-5-7-11(8-10)19-3/h10-11,16H,4-9H2,1-3H3. The third kappa shape index (κ3) is 3.76. The lowest BCUT2D eigenvalue weighted by atomic mass is 9.95. The van der Waals surface area contributed by atoms with Crippen LogP contribution in [0.5, 0.6) is 0 Å². The molecule has 1 aliphatic rings. The first-order valence-electron chi connectivity index (χ1n) is 7.12. The fraction of sp³-hybridized carbons (Fsp3) is 0.786. The molecule has 3 nitrogen and oxygen atoms in total. The maximum absolute atomic E-state index is 4.55. The summed E-state index contributed by atoms with van der Waals surface area (Å²) in [5.41, 5.74) is 2.42. The predicted octanol–water partition coefficient (Wildman–Crippen LogP) is 3.51. The highest BCUT2D eigenvalue weighted by molar-refractivity contribution is 9.10. The molecule has 1 saturated carbocycles. The molecule has 0 aromatic carbocycles. The molecule has 0 radical (unpaired) electrons. The third-order valence-electron chi connectivity index (χ3n) is 4.02. The molecule has 0 saturated heterocycles. The van der Waals surface area contributed by atoms with E-state index in [1.54, 1.807) is 0 Å². The number of thioether (sulfide) groups is 1. The maximum atomic E-state index is 4.55. The smallest absolute Gasteiger partial charge is 0.0767 e. The summed E-state index contributed by atoms with van der Waals surface area (Å²) in [6, 6.07) is 0.665. The van der Waals surface area contributed by atoms with Crippen molar-refractivity contribution in [2.45, 2.75) is 56.9 Å². The van der Waals surface area contributed by atoms with Crippen molar-refractivity contribution in [1.29, 1.82) is 0 Å². The van der Waals surface area contributed by atoms with Crippen molar-refractivity contribution in [2.75, 3.05) is 6.26 Å². The Labute approximate surface area is 129 Å². The van der Waals surface area contributed by atoms with Crippen LogP contribution < -0.4 is 5.32 Å². The Bertz CT molecular complexity index is 419. The molecule has 1 aromatic heterocycles. The molecule has 1 aliphatic carbocycles. The van der Waals surface area contributed by atoms with Crippen LogP contribution in [-0.2, 0) is 20.0 Å². The quantitative estimate of drug-likeness (QED) is 0.885. The van der Waals surface area contributed by atoms with Gasteiger partial charge in [0.1, 0.15) is 0 Å². The van der Waals surface area contributed by atoms with E-state index in [1.807, 2.05) is 23.5 Å². The summed E-state index contributed by atoms with van der Waals surface area (Å²) < 4.78 is 3.19. The lowest BCUT2D eigenvalue weighted by molar-refractivity contribution is 0.375. The minimum absolute atomic E-state index is 0.665. The van der Waals surface area contributed by atoms with Gasteiger partial charge in [0, 0.05) is 24.9 Å². The van der Waals surface area contributed by atoms with Gasteiger partial charge in [-0.3, -0.25) is 4.68 Å². The number of nitrogens with one attached hydrogen (secondary N) is 1. The van der Waals surface area contributed by atoms with E-state index in [2.05, 4.69) is 39.5 Å². The van der Waals surface area contributed by atoms with Gasteiger partial charge >= 0.3 is 0 Å². The highest BCUT2D eigenvalue weighted by atomic mass is 79.9. The van der Waals surface area contributed by atoms with Crippen LogP contribution in [0.15, 0.2) is 4.47 Å². The van der Waals surface area contributed by atoms with Crippen LogP contribution in [0.4, 0.5) is 0 Å². The topological polar surface area (TPSA) is 29.9 Å². The molecule has 1 heterocycles. The number of rotatable bonds is 5. The van der Waals surface area contributed by atoms with E-state index >= 15 is 0 Å². The normalized spacial score (nSPS) is 23.8. The zero-order valence-electron chi connectivity index (χ0n) is 12.1. The molecule has 5 heteroatoms. The summed E-state index contributed by atoms with van der Waals surface area (Å²) in [7, 11) is 2.03. The SMILES string of the molecule is CCc1nn(C)c(CNC2CCCC(SC)C2)c1Br. The minimum atomic E-state index is 0.665. The molecule has 0 amide bonds. The number of aryl methyl sites for hydroxylation is 2. The number of hydrogen-bond donors (Lipinski definition) is 1. The largest absolute Gasteiger partial charge is 0.308 e. The number of hydrogen-bond acceptors (Lipinski definition) is 3. The summed E-state index contributed by atoms with van der Waals surface area (Å²) in [6.45, 7) is 3.06. The Morgan fingerprint density at radius 1 is 1.47 bits per heavy atom. The molecular weight excluding hydrogens is 322 g/mol. The van der Waals surface area contributed by atoms with E-state index < -0.39 is 0 Å². The van der Waals surface area contributed by atoms with Gasteiger partial charge in [-0.05, 0) is 47.9 Å². The van der Waals surface area contributed by atoms with Crippen molar-refractivity contribution in [3.05, 3.63) is 15.9 Å². The molecule has 1 N–H and O–H groups in total. The summed E-state index contributed by atoms with van der Waals surface area (Å²) in [4.78, 5) is 0. The van der Waals surface area contributed by atoms with E-state index in [1.165, 1.54) is 35.8 Å². The van der Waals surface area contributed by atoms with Crippen LogP contribution >= 0.6 is 27.7 Å². The van der Waals surface area contributed by atoms with Crippen LogP contribution in [0.2, 0.25) is 0 Å². The van der Waals surface area contributed by atoms with Crippen LogP contribution in [0.1, 0.15) is 44.0 Å². The molecule has 19 heavy (non-hydrogen) atoms. The van der Waals surface area contributed by atoms with E-state index in [9.17, 15) is 0 Å². The Morgan fingerprint density at radius 3 is 2.89 bits per heavy atom. The molecular formula is C14H24BrN3S. The Morgan fingerprint density at radius 2 is 2.26 bits per heavy atom. The van der Waals surface area contributed by atoms with E-state index in [-0.39, 0.29) is 0 Å². The van der Waals surface area contributed by atoms with Crippen molar-refractivity contribution in [2.24, 2.45) is 7.05 Å². The summed E-state index contributed by atoms with van der Waals surface area (Å²) in [6.07, 6.45) is 8.57. The molecule has 2 rings (SSSR count). The Kier molecular flexibility index (Phi) is 5.78. The maximum Gasteiger partial charge on any atom is 0.0767 e. The Hall–Kier alpha value is -0.000000000000000111. The number of aromatic nitrogens is 2. The second-order valence-corrected chi connectivity index (χ2v) is 7.22. The molecule has 1 fully saturated rings. The summed E-state index contributed by atoms with van der Waals surface area (Å²) in [5.74, 6) is 0. The van der Waals surface area contributed by atoms with Crippen molar-refractivity contribution < 1.29 is 0 Å². The lowest BCUT2D eigenvalue weighted by Gasteiger charge is -2.28. The van der Waals surface area contributed by atoms with E-state index in [0.717, 1.165) is 23.9 Å². The average molecular weight is 346 g/mol. The van der Waals surface area contributed by atoms with Gasteiger partial charge in [-0.1, -0.05) is 13.3 Å². The number of nitrogens with zero attached hydrogens (tertiary/aromatic N) is 2. The second kappa shape index (κ2) is 7.14. The molecule has 0 aliphatic heterocycles. The van der Waals surface area contributed by atoms with E-state index in [0.29, 0.717) is 6.04 Å². The summed E-state index contributed by atoms with van der Waals surface area (Å²) >= 11 is 5.70. The lowest BCUT2D eigenvalue weighted by Crippen LogP contribution is -2.35. The van der Waals surface area contributed by atoms with Gasteiger partial charge in [-0.2, -0.15) is 16.9 Å². The summed E-state index contributed by atoms with van der Waals surface area (Å²) in [5, 5.41) is 9.11. The fourth-order valence-corrected chi connectivity index (χ4v) is 4.38. The molecule has 0 spiro atoms. The van der Waals surface area contributed by atoms with Gasteiger partial charge in [0.25, 0.3) is 0 Å². The average Bonchev–Trinajstić information content (AvgIpc) is 2.71. The van der Waals surface area contributed by atoms with Gasteiger partial charge in [0.15, 0.2) is 0 Å². The van der Waals surface area contributed by atoms with Gasteiger partial charge < -0.3 is 5.32 Å². The van der Waals surface area contributed by atoms with Crippen molar-refractivity contribution in [1.82, 2.24) is 15.1 Å². The van der Waals surface area contributed by atoms with Gasteiger partial charge in [-0.15, -0.1) is 0 Å². The zero-order chi connectivity index (χ0) is 13.8. The Balaban J connectivity index is 1.93. The molecule has 0 bridgehead atoms. The van der Waals surface area contributed by atoms with E-state index in [4.69, 9.17) is 0 Å². The first-order valence-corrected chi connectivity index (χ1v) is 9.20. The van der Waals surface area contributed by atoms with Crippen molar-refractivity contribution in [3.63, 3.8) is 0 Å². The van der Waals surface area contributed by atoms with Crippen LogP contribution in [-0.4, -0.2) is 27.3 Å². The van der Waals surface area contributed by atoms with Crippen LogP contribution in [0, 0.1) is 0 Å². The first-order chi connectivity index (χ1) is 9.15. The molecule has 2 atom stereocenters. The van der Waals surface area contributed by atoms with Crippen molar-refractivity contribution in [3.8, 4) is 0 Å². The molecule has 2 unspecified atom stereocenters. The third-order valence-corrected chi connectivity index (χ3v) is 6.03. The van der Waals surface area contributed by atoms with Gasteiger partial charge in [0.2, 0.25) is 0 Å². The van der Waals surface area contributed by atoms with Gasteiger partial charge in [-0.25, -0.2) is 0 Å². The second-order valence-electron chi connectivity index (χ2n) is 5.29. The monoisotopic (exact) mass is 345 g/mol. The highest BCUT2D eigenvalue weighted by Gasteiger charge is 2.21. The molecule has 1 aromatic rings. The fourth-order valence-electron chi connectivity index (χ4n) is 2.80. The van der Waals surface area contributed by atoms with Crippen LogP contribution in [0.25, 0.3) is 0 Å². The number of halogens is 1. The molecule has 108 valence electrons.